The van der Waals surface area contributed by atoms with Gasteiger partial charge in [-0.1, -0.05) is 18.5 Å². The Bertz CT molecular complexity index is 400. The zero-order valence-electron chi connectivity index (χ0n) is 9.80. The molecule has 17 heavy (non-hydrogen) atoms. The topological polar surface area (TPSA) is 56.6 Å². The zero-order chi connectivity index (χ0) is 12.4. The summed E-state index contributed by atoms with van der Waals surface area (Å²) in [6.45, 7) is 2.97. The van der Waals surface area contributed by atoms with Crippen LogP contribution in [0.4, 0.5) is 5.82 Å². The molecule has 0 amide bonds. The third-order valence-electron chi connectivity index (χ3n) is 3.42. The van der Waals surface area contributed by atoms with E-state index in [2.05, 4.69) is 16.8 Å². The molecule has 1 saturated heterocycles. The van der Waals surface area contributed by atoms with Crippen LogP contribution in [0.25, 0.3) is 0 Å². The Morgan fingerprint density at radius 2 is 2.24 bits per heavy atom. The van der Waals surface area contributed by atoms with Gasteiger partial charge >= 0.3 is 0 Å². The van der Waals surface area contributed by atoms with E-state index in [4.69, 9.17) is 16.7 Å². The summed E-state index contributed by atoms with van der Waals surface area (Å²) in [4.78, 5) is 6.42. The predicted molar refractivity (Wildman–Crippen MR) is 67.2 cm³/mol. The van der Waals surface area contributed by atoms with Crippen molar-refractivity contribution in [3.63, 3.8) is 0 Å². The Kier molecular flexibility index (Phi) is 3.86. The van der Waals surface area contributed by atoms with E-state index >= 15 is 0 Å². The summed E-state index contributed by atoms with van der Waals surface area (Å²) in [6, 6.07) is 3.69. The zero-order valence-corrected chi connectivity index (χ0v) is 10.6. The van der Waals surface area contributed by atoms with Crippen LogP contribution in [0.2, 0.25) is 5.02 Å². The van der Waals surface area contributed by atoms with Crippen LogP contribution in [0.15, 0.2) is 12.1 Å². The minimum Gasteiger partial charge on any atom is -0.394 e. The van der Waals surface area contributed by atoms with Crippen molar-refractivity contribution in [3.05, 3.63) is 22.8 Å². The van der Waals surface area contributed by atoms with Crippen molar-refractivity contribution >= 4 is 17.4 Å². The van der Waals surface area contributed by atoms with Crippen LogP contribution in [-0.2, 0) is 6.61 Å². The molecule has 0 saturated carbocycles. The molecule has 0 bridgehead atoms. The first kappa shape index (κ1) is 12.6. The van der Waals surface area contributed by atoms with Gasteiger partial charge in [-0.3, -0.25) is 0 Å². The van der Waals surface area contributed by atoms with Gasteiger partial charge in [0.1, 0.15) is 5.82 Å². The number of nitrogens with zero attached hydrogens (tertiary/aromatic N) is 2. The number of aliphatic hydroxyl groups excluding tert-OH is 2. The highest BCUT2D eigenvalue weighted by Gasteiger charge is 2.31. The van der Waals surface area contributed by atoms with Gasteiger partial charge < -0.3 is 15.1 Å². The molecule has 94 valence electrons. The van der Waals surface area contributed by atoms with Crippen molar-refractivity contribution in [2.45, 2.75) is 26.0 Å². The molecule has 2 heterocycles. The molecule has 0 spiro atoms. The van der Waals surface area contributed by atoms with E-state index in [1.165, 1.54) is 0 Å². The molecular formula is C12H17ClN2O2. The molecule has 0 aliphatic carbocycles. The van der Waals surface area contributed by atoms with Crippen molar-refractivity contribution < 1.29 is 10.2 Å². The van der Waals surface area contributed by atoms with Crippen LogP contribution in [-0.4, -0.2) is 34.4 Å². The molecule has 2 rings (SSSR count). The maximum atomic E-state index is 9.40. The van der Waals surface area contributed by atoms with E-state index in [1.807, 2.05) is 6.07 Å². The van der Waals surface area contributed by atoms with E-state index in [-0.39, 0.29) is 19.3 Å². The van der Waals surface area contributed by atoms with Crippen LogP contribution >= 0.6 is 11.6 Å². The molecule has 1 aliphatic heterocycles. The Labute approximate surface area is 106 Å². The van der Waals surface area contributed by atoms with Crippen molar-refractivity contribution in [2.24, 2.45) is 5.92 Å². The minimum atomic E-state index is -0.167. The minimum absolute atomic E-state index is 0.107. The van der Waals surface area contributed by atoms with Gasteiger partial charge in [0.15, 0.2) is 0 Å². The maximum absolute atomic E-state index is 9.40. The third kappa shape index (κ3) is 2.39. The SMILES string of the molecule is CC1CCN(c2ccc(Cl)c(CO)n2)C1CO. The number of hydrogen-bond donors (Lipinski definition) is 2. The lowest BCUT2D eigenvalue weighted by molar-refractivity contribution is 0.244. The summed E-state index contributed by atoms with van der Waals surface area (Å²) in [5, 5.41) is 19.0. The monoisotopic (exact) mass is 256 g/mol. The molecule has 2 N–H and O–H groups in total. The smallest absolute Gasteiger partial charge is 0.129 e. The highest BCUT2D eigenvalue weighted by Crippen LogP contribution is 2.29. The van der Waals surface area contributed by atoms with Crippen molar-refractivity contribution in [1.29, 1.82) is 0 Å². The van der Waals surface area contributed by atoms with Crippen LogP contribution < -0.4 is 4.90 Å². The van der Waals surface area contributed by atoms with Gasteiger partial charge in [0, 0.05) is 6.54 Å². The number of aromatic nitrogens is 1. The first-order valence-electron chi connectivity index (χ1n) is 5.81. The highest BCUT2D eigenvalue weighted by atomic mass is 35.5. The highest BCUT2D eigenvalue weighted by molar-refractivity contribution is 6.31. The fourth-order valence-electron chi connectivity index (χ4n) is 2.31. The number of halogens is 1. The molecule has 0 aromatic carbocycles. The standard InChI is InChI=1S/C12H17ClN2O2/c1-8-4-5-15(11(8)7-17)12-3-2-9(13)10(6-16)14-12/h2-3,8,11,16-17H,4-7H2,1H3. The van der Waals surface area contributed by atoms with E-state index in [0.717, 1.165) is 18.8 Å². The average Bonchev–Trinajstić information content (AvgIpc) is 2.71. The molecular weight excluding hydrogens is 240 g/mol. The van der Waals surface area contributed by atoms with Crippen molar-refractivity contribution in [3.8, 4) is 0 Å². The summed E-state index contributed by atoms with van der Waals surface area (Å²) >= 11 is 5.91. The number of anilines is 1. The predicted octanol–water partition coefficient (Wildman–Crippen LogP) is 1.43. The van der Waals surface area contributed by atoms with Gasteiger partial charge in [-0.15, -0.1) is 0 Å². The summed E-state index contributed by atoms with van der Waals surface area (Å²) in [6.07, 6.45) is 1.05. The fourth-order valence-corrected chi connectivity index (χ4v) is 2.48. The lowest BCUT2D eigenvalue weighted by Crippen LogP contribution is -2.35. The largest absolute Gasteiger partial charge is 0.394 e. The summed E-state index contributed by atoms with van der Waals surface area (Å²) in [7, 11) is 0. The number of pyridine rings is 1. The lowest BCUT2D eigenvalue weighted by Gasteiger charge is -2.26. The third-order valence-corrected chi connectivity index (χ3v) is 3.76. The molecule has 0 radical (unpaired) electrons. The van der Waals surface area contributed by atoms with Crippen LogP contribution in [0.1, 0.15) is 19.0 Å². The first-order valence-corrected chi connectivity index (χ1v) is 6.19. The van der Waals surface area contributed by atoms with E-state index in [9.17, 15) is 5.11 Å². The lowest BCUT2D eigenvalue weighted by atomic mass is 10.0. The summed E-state index contributed by atoms with van der Waals surface area (Å²) in [5.74, 6) is 1.23. The Hall–Kier alpha value is -0.840. The molecule has 4 nitrogen and oxygen atoms in total. The van der Waals surface area contributed by atoms with Gasteiger partial charge in [0.2, 0.25) is 0 Å². The normalized spacial score (nSPS) is 24.4. The van der Waals surface area contributed by atoms with Gasteiger partial charge in [-0.25, -0.2) is 4.98 Å². The molecule has 1 aromatic rings. The average molecular weight is 257 g/mol. The summed E-state index contributed by atoms with van der Waals surface area (Å²) in [5.41, 5.74) is 0.486. The molecule has 1 aromatic heterocycles. The van der Waals surface area contributed by atoms with Crippen molar-refractivity contribution in [2.75, 3.05) is 18.1 Å². The molecule has 2 unspecified atom stereocenters. The van der Waals surface area contributed by atoms with E-state index in [0.29, 0.717) is 16.6 Å². The second-order valence-corrected chi connectivity index (χ2v) is 4.87. The second-order valence-electron chi connectivity index (χ2n) is 4.47. The van der Waals surface area contributed by atoms with Gasteiger partial charge in [-0.2, -0.15) is 0 Å². The van der Waals surface area contributed by atoms with Gasteiger partial charge in [-0.05, 0) is 24.5 Å². The van der Waals surface area contributed by atoms with Crippen LogP contribution in [0.5, 0.6) is 0 Å². The number of rotatable bonds is 3. The Morgan fingerprint density at radius 3 is 2.88 bits per heavy atom. The molecule has 1 fully saturated rings. The number of aliphatic hydroxyl groups is 2. The van der Waals surface area contributed by atoms with Crippen LogP contribution in [0.3, 0.4) is 0 Å². The van der Waals surface area contributed by atoms with Crippen LogP contribution in [0, 0.1) is 5.92 Å². The second kappa shape index (κ2) is 5.21. The quantitative estimate of drug-likeness (QED) is 0.859. The summed E-state index contributed by atoms with van der Waals surface area (Å²) < 4.78 is 0. The maximum Gasteiger partial charge on any atom is 0.129 e. The van der Waals surface area contributed by atoms with Crippen molar-refractivity contribution in [1.82, 2.24) is 4.98 Å². The molecule has 5 heteroatoms. The Balaban J connectivity index is 2.28. The van der Waals surface area contributed by atoms with E-state index in [1.54, 1.807) is 6.07 Å². The first-order chi connectivity index (χ1) is 8.17. The number of hydrogen-bond acceptors (Lipinski definition) is 4. The fraction of sp³-hybridized carbons (Fsp3) is 0.583. The molecule has 1 aliphatic rings. The molecule has 2 atom stereocenters. The van der Waals surface area contributed by atoms with E-state index < -0.39 is 0 Å². The van der Waals surface area contributed by atoms with Gasteiger partial charge in [0.25, 0.3) is 0 Å². The van der Waals surface area contributed by atoms with Gasteiger partial charge in [0.05, 0.1) is 30.0 Å². The Morgan fingerprint density at radius 1 is 1.47 bits per heavy atom.